The lowest BCUT2D eigenvalue weighted by atomic mass is 10.1. The zero-order chi connectivity index (χ0) is 17.5. The molecule has 24 heavy (non-hydrogen) atoms. The van der Waals surface area contributed by atoms with Crippen LogP contribution in [-0.2, 0) is 6.42 Å². The summed E-state index contributed by atoms with van der Waals surface area (Å²) in [6.07, 6.45) is 0.867. The topological polar surface area (TPSA) is 80.0 Å². The standard InChI is InChI=1S/C18H22ClN5/c1-3-13-7-5-6-8-16(13)24(15-11-9-14(19)10-12-15)18(21)23-17(20)22-4-2/h5-12H,3-4H2,1-2H3,(H4,20,21,22,23). The fourth-order valence-corrected chi connectivity index (χ4v) is 2.50. The molecule has 0 spiro atoms. The van der Waals surface area contributed by atoms with Crippen molar-refractivity contribution in [1.29, 1.82) is 0 Å². The Morgan fingerprint density at radius 2 is 1.71 bits per heavy atom. The van der Waals surface area contributed by atoms with E-state index in [1.807, 2.05) is 54.3 Å². The molecule has 4 N–H and O–H groups in total. The minimum Gasteiger partial charge on any atom is -0.369 e. The Morgan fingerprint density at radius 3 is 2.33 bits per heavy atom. The van der Waals surface area contributed by atoms with Gasteiger partial charge in [0.05, 0.1) is 5.69 Å². The predicted molar refractivity (Wildman–Crippen MR) is 103 cm³/mol. The van der Waals surface area contributed by atoms with Crippen molar-refractivity contribution in [3.05, 3.63) is 59.1 Å². The molecule has 0 aromatic heterocycles. The average Bonchev–Trinajstić information content (AvgIpc) is 2.57. The van der Waals surface area contributed by atoms with Crippen molar-refractivity contribution in [2.75, 3.05) is 11.4 Å². The molecule has 0 fully saturated rings. The SMILES string of the molecule is CCN=C(N)N=C(N)N(c1ccc(Cl)cc1)c1ccccc1CC. The van der Waals surface area contributed by atoms with Crippen LogP contribution in [0.4, 0.5) is 11.4 Å². The molecular formula is C18H22ClN5. The normalized spacial score (nSPS) is 12.3. The zero-order valence-electron chi connectivity index (χ0n) is 13.9. The van der Waals surface area contributed by atoms with Gasteiger partial charge in [-0.3, -0.25) is 9.89 Å². The third-order valence-corrected chi connectivity index (χ3v) is 3.73. The second-order valence-electron chi connectivity index (χ2n) is 5.10. The van der Waals surface area contributed by atoms with Gasteiger partial charge in [0, 0.05) is 17.3 Å². The van der Waals surface area contributed by atoms with Gasteiger partial charge in [-0.05, 0) is 49.2 Å². The second-order valence-corrected chi connectivity index (χ2v) is 5.53. The fraction of sp³-hybridized carbons (Fsp3) is 0.222. The lowest BCUT2D eigenvalue weighted by Gasteiger charge is -2.26. The van der Waals surface area contributed by atoms with Gasteiger partial charge < -0.3 is 11.5 Å². The van der Waals surface area contributed by atoms with Gasteiger partial charge in [0.25, 0.3) is 0 Å². The van der Waals surface area contributed by atoms with E-state index < -0.39 is 0 Å². The summed E-state index contributed by atoms with van der Waals surface area (Å²) in [5.74, 6) is 0.413. The molecule has 126 valence electrons. The molecule has 0 unspecified atom stereocenters. The number of nitrogens with zero attached hydrogens (tertiary/aromatic N) is 3. The molecule has 0 bridgehead atoms. The summed E-state index contributed by atoms with van der Waals surface area (Å²) in [4.78, 5) is 10.2. The molecule has 6 heteroatoms. The van der Waals surface area contributed by atoms with Crippen LogP contribution in [0.3, 0.4) is 0 Å². The highest BCUT2D eigenvalue weighted by atomic mass is 35.5. The quantitative estimate of drug-likeness (QED) is 0.656. The molecule has 2 aromatic rings. The molecule has 2 rings (SSSR count). The van der Waals surface area contributed by atoms with Crippen LogP contribution in [0.15, 0.2) is 58.5 Å². The van der Waals surface area contributed by atoms with E-state index in [0.29, 0.717) is 11.6 Å². The number of para-hydroxylation sites is 1. The Morgan fingerprint density at radius 1 is 1.04 bits per heavy atom. The van der Waals surface area contributed by atoms with Gasteiger partial charge in [-0.2, -0.15) is 4.99 Å². The molecule has 0 aliphatic rings. The Kier molecular flexibility index (Phi) is 6.21. The van der Waals surface area contributed by atoms with E-state index in [0.717, 1.165) is 23.4 Å². The maximum atomic E-state index is 6.26. The first kappa shape index (κ1) is 17.8. The summed E-state index contributed by atoms with van der Waals surface area (Å²) in [5, 5.41) is 0.657. The average molecular weight is 344 g/mol. The lowest BCUT2D eigenvalue weighted by molar-refractivity contribution is 1.10. The highest BCUT2D eigenvalue weighted by Gasteiger charge is 2.16. The van der Waals surface area contributed by atoms with Crippen molar-refractivity contribution in [3.8, 4) is 0 Å². The van der Waals surface area contributed by atoms with Crippen LogP contribution in [0.1, 0.15) is 19.4 Å². The van der Waals surface area contributed by atoms with E-state index in [2.05, 4.69) is 23.0 Å². The number of guanidine groups is 2. The number of aliphatic imine (C=N–C) groups is 2. The van der Waals surface area contributed by atoms with Crippen LogP contribution < -0.4 is 16.4 Å². The zero-order valence-corrected chi connectivity index (χ0v) is 14.7. The number of hydrogen-bond donors (Lipinski definition) is 2. The van der Waals surface area contributed by atoms with Crippen molar-refractivity contribution in [3.63, 3.8) is 0 Å². The number of nitrogens with two attached hydrogens (primary N) is 2. The van der Waals surface area contributed by atoms with Gasteiger partial charge in [0.15, 0.2) is 0 Å². The number of benzene rings is 2. The van der Waals surface area contributed by atoms with Gasteiger partial charge in [0.2, 0.25) is 11.9 Å². The van der Waals surface area contributed by atoms with Gasteiger partial charge in [-0.15, -0.1) is 0 Å². The van der Waals surface area contributed by atoms with Crippen molar-refractivity contribution in [2.24, 2.45) is 21.5 Å². The van der Waals surface area contributed by atoms with Gasteiger partial charge in [0.1, 0.15) is 0 Å². The Balaban J connectivity index is 2.57. The minimum absolute atomic E-state index is 0.156. The molecule has 0 amide bonds. The van der Waals surface area contributed by atoms with Crippen LogP contribution >= 0.6 is 11.6 Å². The van der Waals surface area contributed by atoms with E-state index >= 15 is 0 Å². The summed E-state index contributed by atoms with van der Waals surface area (Å²) < 4.78 is 0. The third kappa shape index (κ3) is 4.26. The Bertz CT molecular complexity index is 737. The maximum absolute atomic E-state index is 6.26. The molecule has 5 nitrogen and oxygen atoms in total. The Labute approximate surface area is 147 Å². The molecule has 0 saturated heterocycles. The van der Waals surface area contributed by atoms with E-state index in [1.54, 1.807) is 0 Å². The first-order valence-corrected chi connectivity index (χ1v) is 8.22. The largest absolute Gasteiger partial charge is 0.369 e. The highest BCUT2D eigenvalue weighted by Crippen LogP contribution is 2.29. The fourth-order valence-electron chi connectivity index (χ4n) is 2.38. The Hall–Kier alpha value is -2.53. The number of anilines is 2. The van der Waals surface area contributed by atoms with Crippen molar-refractivity contribution < 1.29 is 0 Å². The van der Waals surface area contributed by atoms with E-state index in [9.17, 15) is 0 Å². The predicted octanol–water partition coefficient (Wildman–Crippen LogP) is 3.69. The molecule has 0 atom stereocenters. The van der Waals surface area contributed by atoms with Crippen molar-refractivity contribution in [1.82, 2.24) is 0 Å². The van der Waals surface area contributed by atoms with E-state index in [-0.39, 0.29) is 11.9 Å². The summed E-state index contributed by atoms with van der Waals surface area (Å²) in [5.41, 5.74) is 15.0. The lowest BCUT2D eigenvalue weighted by Crippen LogP contribution is -2.35. The van der Waals surface area contributed by atoms with E-state index in [4.69, 9.17) is 23.1 Å². The van der Waals surface area contributed by atoms with Gasteiger partial charge in [-0.25, -0.2) is 0 Å². The summed E-state index contributed by atoms with van der Waals surface area (Å²) >= 11 is 6.01. The maximum Gasteiger partial charge on any atom is 0.218 e. The molecule has 2 aromatic carbocycles. The van der Waals surface area contributed by atoms with Crippen LogP contribution in [-0.4, -0.2) is 18.5 Å². The van der Waals surface area contributed by atoms with Crippen LogP contribution in [0.25, 0.3) is 0 Å². The molecular weight excluding hydrogens is 322 g/mol. The van der Waals surface area contributed by atoms with Crippen LogP contribution in [0, 0.1) is 0 Å². The van der Waals surface area contributed by atoms with E-state index in [1.165, 1.54) is 0 Å². The highest BCUT2D eigenvalue weighted by molar-refractivity contribution is 6.30. The van der Waals surface area contributed by atoms with Crippen LogP contribution in [0.5, 0.6) is 0 Å². The van der Waals surface area contributed by atoms with Crippen molar-refractivity contribution in [2.45, 2.75) is 20.3 Å². The monoisotopic (exact) mass is 343 g/mol. The summed E-state index contributed by atoms with van der Waals surface area (Å²) in [6.45, 7) is 4.54. The molecule has 0 saturated carbocycles. The summed E-state index contributed by atoms with van der Waals surface area (Å²) in [7, 11) is 0. The molecule has 0 aliphatic carbocycles. The number of hydrogen-bond acceptors (Lipinski definition) is 1. The molecule has 0 radical (unpaired) electrons. The third-order valence-electron chi connectivity index (χ3n) is 3.48. The smallest absolute Gasteiger partial charge is 0.218 e. The summed E-state index contributed by atoms with van der Waals surface area (Å²) in [6, 6.07) is 15.5. The number of aryl methyl sites for hydroxylation is 1. The van der Waals surface area contributed by atoms with Gasteiger partial charge in [-0.1, -0.05) is 36.7 Å². The van der Waals surface area contributed by atoms with Crippen molar-refractivity contribution >= 4 is 34.9 Å². The molecule has 0 aliphatic heterocycles. The first-order valence-electron chi connectivity index (χ1n) is 7.84. The van der Waals surface area contributed by atoms with Gasteiger partial charge >= 0.3 is 0 Å². The van der Waals surface area contributed by atoms with Crippen LogP contribution in [0.2, 0.25) is 5.02 Å². The number of halogens is 1. The first-order chi connectivity index (χ1) is 11.6. The minimum atomic E-state index is 0.156. The number of rotatable bonds is 4. The second kappa shape index (κ2) is 8.36. The molecule has 0 heterocycles.